The number of hydrogen-bond acceptors (Lipinski definition) is 8. The van der Waals surface area contributed by atoms with Gasteiger partial charge in [-0.2, -0.15) is 15.0 Å². The Bertz CT molecular complexity index is 969. The van der Waals surface area contributed by atoms with Gasteiger partial charge in [0.15, 0.2) is 5.82 Å². The molecule has 0 fully saturated rings. The Hall–Kier alpha value is -3.46. The maximum absolute atomic E-state index is 13.1. The van der Waals surface area contributed by atoms with Gasteiger partial charge in [0.25, 0.3) is 0 Å². The Labute approximate surface area is 160 Å². The zero-order valence-electron chi connectivity index (χ0n) is 14.9. The second-order valence-electron chi connectivity index (χ2n) is 6.34. The molecule has 1 atom stereocenters. The van der Waals surface area contributed by atoms with Gasteiger partial charge in [0.05, 0.1) is 25.4 Å². The normalized spacial score (nSPS) is 15.6. The van der Waals surface area contributed by atoms with E-state index in [4.69, 9.17) is 10.5 Å². The summed E-state index contributed by atoms with van der Waals surface area (Å²) in [6.45, 7) is 0.753. The Morgan fingerprint density at radius 2 is 1.93 bits per heavy atom. The van der Waals surface area contributed by atoms with E-state index in [0.717, 1.165) is 5.69 Å². The van der Waals surface area contributed by atoms with Crippen LogP contribution in [-0.4, -0.2) is 39.3 Å². The number of para-hydroxylation sites is 2. The second kappa shape index (κ2) is 7.65. The van der Waals surface area contributed by atoms with E-state index in [1.54, 1.807) is 12.1 Å². The monoisotopic (exact) mass is 382 g/mol. The molecule has 1 aromatic heterocycles. The third kappa shape index (κ3) is 3.94. The van der Waals surface area contributed by atoms with Crippen LogP contribution in [0.4, 0.5) is 27.7 Å². The summed E-state index contributed by atoms with van der Waals surface area (Å²) >= 11 is 0. The number of ether oxygens (including phenoxy) is 1. The average molecular weight is 382 g/mol. The number of anilines is 4. The molecular formula is C19H19FN6O2. The summed E-state index contributed by atoms with van der Waals surface area (Å²) < 4.78 is 18.8. The highest BCUT2D eigenvalue weighted by molar-refractivity contribution is 5.60. The molecule has 3 aromatic rings. The number of nitrogens with one attached hydrogen (secondary N) is 1. The van der Waals surface area contributed by atoms with Crippen molar-refractivity contribution in [2.45, 2.75) is 12.6 Å². The highest BCUT2D eigenvalue weighted by Gasteiger charge is 2.25. The highest BCUT2D eigenvalue weighted by atomic mass is 19.1. The summed E-state index contributed by atoms with van der Waals surface area (Å²) in [5.41, 5.74) is 7.37. The fourth-order valence-electron chi connectivity index (χ4n) is 3.02. The van der Waals surface area contributed by atoms with E-state index in [1.165, 1.54) is 12.1 Å². The minimum Gasteiger partial charge on any atom is -0.484 e. The van der Waals surface area contributed by atoms with Crippen LogP contribution in [0.15, 0.2) is 48.5 Å². The summed E-state index contributed by atoms with van der Waals surface area (Å²) in [5.74, 6) is 1.18. The standard InChI is InChI=1S/C19H19FN6O2/c20-12-5-7-13(8-6-12)22-19-24-17(23-18(21)25-19)10-26-9-14(11-27)28-16-4-2-1-3-15(16)26/h1-8,14,27H,9-11H2,(H3,21,22,23,24,25)/t14-/m0/s1. The van der Waals surface area contributed by atoms with Crippen molar-refractivity contribution < 1.29 is 14.2 Å². The van der Waals surface area contributed by atoms with Crippen LogP contribution in [-0.2, 0) is 6.54 Å². The molecule has 144 valence electrons. The Balaban J connectivity index is 1.58. The fraction of sp³-hybridized carbons (Fsp3) is 0.211. The van der Waals surface area contributed by atoms with Crippen LogP contribution in [0.25, 0.3) is 0 Å². The molecule has 1 aliphatic heterocycles. The molecule has 0 spiro atoms. The quantitative estimate of drug-likeness (QED) is 0.615. The van der Waals surface area contributed by atoms with Gasteiger partial charge in [-0.25, -0.2) is 4.39 Å². The molecular weight excluding hydrogens is 363 g/mol. The van der Waals surface area contributed by atoms with Crippen molar-refractivity contribution in [3.63, 3.8) is 0 Å². The minimum absolute atomic E-state index is 0.0786. The summed E-state index contributed by atoms with van der Waals surface area (Å²) in [6, 6.07) is 13.4. The van der Waals surface area contributed by atoms with Crippen molar-refractivity contribution in [3.8, 4) is 5.75 Å². The van der Waals surface area contributed by atoms with Gasteiger partial charge in [-0.05, 0) is 36.4 Å². The number of aromatic nitrogens is 3. The van der Waals surface area contributed by atoms with Gasteiger partial charge < -0.3 is 25.8 Å². The van der Waals surface area contributed by atoms with Crippen molar-refractivity contribution in [2.24, 2.45) is 0 Å². The van der Waals surface area contributed by atoms with Crippen LogP contribution in [0.2, 0.25) is 0 Å². The number of hydrogen-bond donors (Lipinski definition) is 3. The van der Waals surface area contributed by atoms with Crippen molar-refractivity contribution in [1.82, 2.24) is 15.0 Å². The second-order valence-corrected chi connectivity index (χ2v) is 6.34. The highest BCUT2D eigenvalue weighted by Crippen LogP contribution is 2.33. The molecule has 0 bridgehead atoms. The van der Waals surface area contributed by atoms with Crippen molar-refractivity contribution in [3.05, 3.63) is 60.2 Å². The van der Waals surface area contributed by atoms with E-state index in [0.29, 0.717) is 30.4 Å². The van der Waals surface area contributed by atoms with E-state index < -0.39 is 0 Å². The van der Waals surface area contributed by atoms with Gasteiger partial charge >= 0.3 is 0 Å². The van der Waals surface area contributed by atoms with Gasteiger partial charge in [-0.15, -0.1) is 0 Å². The molecule has 0 saturated carbocycles. The van der Waals surface area contributed by atoms with E-state index in [9.17, 15) is 9.50 Å². The van der Waals surface area contributed by atoms with Crippen LogP contribution in [0, 0.1) is 5.82 Å². The van der Waals surface area contributed by atoms with Crippen molar-refractivity contribution in [2.75, 3.05) is 29.1 Å². The molecule has 28 heavy (non-hydrogen) atoms. The number of halogens is 1. The first kappa shape index (κ1) is 17.9. The largest absolute Gasteiger partial charge is 0.484 e. The predicted octanol–water partition coefficient (Wildman–Crippen LogP) is 2.10. The molecule has 4 rings (SSSR count). The number of aliphatic hydroxyl groups is 1. The van der Waals surface area contributed by atoms with Gasteiger partial charge in [-0.3, -0.25) is 0 Å². The van der Waals surface area contributed by atoms with Crippen LogP contribution in [0.5, 0.6) is 5.75 Å². The predicted molar refractivity (Wildman–Crippen MR) is 103 cm³/mol. The minimum atomic E-state index is -0.342. The zero-order chi connectivity index (χ0) is 19.5. The Morgan fingerprint density at radius 3 is 2.71 bits per heavy atom. The van der Waals surface area contributed by atoms with Crippen molar-refractivity contribution in [1.29, 1.82) is 0 Å². The lowest BCUT2D eigenvalue weighted by molar-refractivity contribution is 0.112. The molecule has 2 heterocycles. The first-order valence-electron chi connectivity index (χ1n) is 8.75. The number of nitrogens with two attached hydrogens (primary N) is 1. The van der Waals surface area contributed by atoms with Gasteiger partial charge in [0, 0.05) is 5.69 Å². The summed E-state index contributed by atoms with van der Waals surface area (Å²) in [7, 11) is 0. The number of rotatable bonds is 5. The number of fused-ring (bicyclic) bond motifs is 1. The maximum atomic E-state index is 13.1. The van der Waals surface area contributed by atoms with Crippen LogP contribution < -0.4 is 20.7 Å². The summed E-state index contributed by atoms with van der Waals surface area (Å²) in [4.78, 5) is 14.7. The molecule has 0 aliphatic carbocycles. The average Bonchev–Trinajstić information content (AvgIpc) is 2.69. The molecule has 1 aliphatic rings. The first-order chi connectivity index (χ1) is 13.6. The van der Waals surface area contributed by atoms with Crippen LogP contribution in [0.3, 0.4) is 0 Å². The third-order valence-corrected chi connectivity index (χ3v) is 4.26. The van der Waals surface area contributed by atoms with Gasteiger partial charge in [0.2, 0.25) is 11.9 Å². The fourth-order valence-corrected chi connectivity index (χ4v) is 3.02. The molecule has 0 unspecified atom stereocenters. The lowest BCUT2D eigenvalue weighted by Gasteiger charge is -2.35. The lowest BCUT2D eigenvalue weighted by atomic mass is 10.2. The van der Waals surface area contributed by atoms with Crippen LogP contribution in [0.1, 0.15) is 5.82 Å². The van der Waals surface area contributed by atoms with E-state index >= 15 is 0 Å². The maximum Gasteiger partial charge on any atom is 0.232 e. The molecule has 0 amide bonds. The van der Waals surface area contributed by atoms with Crippen molar-refractivity contribution >= 4 is 23.3 Å². The number of nitrogen functional groups attached to an aromatic ring is 1. The lowest BCUT2D eigenvalue weighted by Crippen LogP contribution is -2.41. The van der Waals surface area contributed by atoms with E-state index in [-0.39, 0.29) is 30.4 Å². The molecule has 0 radical (unpaired) electrons. The Kier molecular flexibility index (Phi) is 4.90. The Morgan fingerprint density at radius 1 is 1.14 bits per heavy atom. The summed E-state index contributed by atoms with van der Waals surface area (Å²) in [5, 5.41) is 12.5. The number of benzene rings is 2. The zero-order valence-corrected chi connectivity index (χ0v) is 14.9. The van der Waals surface area contributed by atoms with Gasteiger partial charge in [-0.1, -0.05) is 12.1 Å². The number of aliphatic hydroxyl groups excluding tert-OH is 1. The number of nitrogens with zero attached hydrogens (tertiary/aromatic N) is 4. The first-order valence-corrected chi connectivity index (χ1v) is 8.75. The van der Waals surface area contributed by atoms with Gasteiger partial charge in [0.1, 0.15) is 17.7 Å². The van der Waals surface area contributed by atoms with E-state index in [2.05, 4.69) is 20.3 Å². The molecule has 8 nitrogen and oxygen atoms in total. The van der Waals surface area contributed by atoms with E-state index in [1.807, 2.05) is 29.2 Å². The smallest absolute Gasteiger partial charge is 0.232 e. The summed E-state index contributed by atoms with van der Waals surface area (Å²) in [6.07, 6.45) is -0.342. The third-order valence-electron chi connectivity index (χ3n) is 4.26. The molecule has 0 saturated heterocycles. The topological polar surface area (TPSA) is 109 Å². The molecule has 4 N–H and O–H groups in total. The SMILES string of the molecule is Nc1nc(CN2C[C@@H](CO)Oc3ccccc32)nc(Nc2ccc(F)cc2)n1. The molecule has 2 aromatic carbocycles. The molecule has 9 heteroatoms. The van der Waals surface area contributed by atoms with Crippen LogP contribution >= 0.6 is 0 Å².